The van der Waals surface area contributed by atoms with E-state index < -0.39 is 17.8 Å². The molecule has 2 aliphatic rings. The standard InChI is InChI=1S/C14H21NO5/c1-19-6-7-20-5-4-15-13(16)11-9-2-3-10(8-9)12(11)14(17)18/h2-3,9-12H,4-8H2,1H3,(H,15,16)(H,17,18)/t9?,10?,11-,12+/m0/s1. The lowest BCUT2D eigenvalue weighted by Crippen LogP contribution is -2.41. The summed E-state index contributed by atoms with van der Waals surface area (Å²) < 4.78 is 10.1. The number of aliphatic carboxylic acids is 1. The van der Waals surface area contributed by atoms with Crippen LogP contribution in [0.4, 0.5) is 0 Å². The van der Waals surface area contributed by atoms with E-state index in [1.54, 1.807) is 7.11 Å². The Labute approximate surface area is 118 Å². The first kappa shape index (κ1) is 15.0. The molecule has 1 saturated carbocycles. The minimum atomic E-state index is -0.877. The Bertz CT molecular complexity index is 395. The summed E-state index contributed by atoms with van der Waals surface area (Å²) in [5.74, 6) is -2.01. The molecular formula is C14H21NO5. The summed E-state index contributed by atoms with van der Waals surface area (Å²) in [4.78, 5) is 23.5. The third-order valence-corrected chi connectivity index (χ3v) is 4.02. The van der Waals surface area contributed by atoms with Gasteiger partial charge in [-0.3, -0.25) is 9.59 Å². The number of fused-ring (bicyclic) bond motifs is 2. The maximum absolute atomic E-state index is 12.2. The number of allylic oxidation sites excluding steroid dienone is 2. The van der Waals surface area contributed by atoms with Gasteiger partial charge < -0.3 is 19.9 Å². The lowest BCUT2D eigenvalue weighted by Gasteiger charge is -2.23. The molecule has 2 rings (SSSR count). The van der Waals surface area contributed by atoms with E-state index in [-0.39, 0.29) is 17.7 Å². The van der Waals surface area contributed by atoms with Crippen LogP contribution in [-0.4, -0.2) is 50.5 Å². The van der Waals surface area contributed by atoms with Crippen LogP contribution < -0.4 is 5.32 Å². The molecule has 0 aromatic heterocycles. The third-order valence-electron chi connectivity index (χ3n) is 4.02. The van der Waals surface area contributed by atoms with Gasteiger partial charge in [-0.1, -0.05) is 12.2 Å². The van der Waals surface area contributed by atoms with E-state index in [0.29, 0.717) is 26.4 Å². The molecule has 1 fully saturated rings. The summed E-state index contributed by atoms with van der Waals surface area (Å²) in [6, 6.07) is 0. The van der Waals surface area contributed by atoms with Crippen molar-refractivity contribution >= 4 is 11.9 Å². The maximum Gasteiger partial charge on any atom is 0.307 e. The quantitative estimate of drug-likeness (QED) is 0.494. The van der Waals surface area contributed by atoms with E-state index in [1.165, 1.54) is 0 Å². The smallest absolute Gasteiger partial charge is 0.307 e. The van der Waals surface area contributed by atoms with Crippen LogP contribution in [0.15, 0.2) is 12.2 Å². The highest BCUT2D eigenvalue weighted by Crippen LogP contribution is 2.48. The molecule has 4 atom stereocenters. The second kappa shape index (κ2) is 6.85. The molecule has 112 valence electrons. The van der Waals surface area contributed by atoms with Gasteiger partial charge in [-0.15, -0.1) is 0 Å². The molecule has 6 heteroatoms. The van der Waals surface area contributed by atoms with E-state index >= 15 is 0 Å². The number of carbonyl (C=O) groups is 2. The van der Waals surface area contributed by atoms with Gasteiger partial charge in [-0.05, 0) is 18.3 Å². The van der Waals surface area contributed by atoms with Crippen LogP contribution in [0.1, 0.15) is 6.42 Å². The Morgan fingerprint density at radius 1 is 1.20 bits per heavy atom. The molecule has 2 aliphatic carbocycles. The number of nitrogens with one attached hydrogen (secondary N) is 1. The zero-order valence-electron chi connectivity index (χ0n) is 11.6. The number of ether oxygens (including phenoxy) is 2. The molecule has 2 N–H and O–H groups in total. The number of hydrogen-bond donors (Lipinski definition) is 2. The van der Waals surface area contributed by atoms with Crippen LogP contribution >= 0.6 is 0 Å². The van der Waals surface area contributed by atoms with Crippen molar-refractivity contribution in [2.24, 2.45) is 23.7 Å². The molecule has 1 amide bonds. The van der Waals surface area contributed by atoms with Gasteiger partial charge >= 0.3 is 5.97 Å². The summed E-state index contributed by atoms with van der Waals surface area (Å²) in [5.41, 5.74) is 0. The Morgan fingerprint density at radius 3 is 2.55 bits per heavy atom. The summed E-state index contributed by atoms with van der Waals surface area (Å²) in [6.45, 7) is 1.81. The van der Waals surface area contributed by atoms with Crippen molar-refractivity contribution in [3.63, 3.8) is 0 Å². The number of hydrogen-bond acceptors (Lipinski definition) is 4. The van der Waals surface area contributed by atoms with E-state index in [1.807, 2.05) is 12.2 Å². The minimum Gasteiger partial charge on any atom is -0.481 e. The second-order valence-electron chi connectivity index (χ2n) is 5.23. The summed E-state index contributed by atoms with van der Waals surface area (Å²) >= 11 is 0. The van der Waals surface area contributed by atoms with E-state index in [2.05, 4.69) is 5.32 Å². The van der Waals surface area contributed by atoms with Gasteiger partial charge in [-0.2, -0.15) is 0 Å². The Kier molecular flexibility index (Phi) is 5.14. The number of carboxylic acids is 1. The number of rotatable bonds is 8. The second-order valence-corrected chi connectivity index (χ2v) is 5.23. The lowest BCUT2D eigenvalue weighted by molar-refractivity contribution is -0.147. The fourth-order valence-corrected chi connectivity index (χ4v) is 3.12. The van der Waals surface area contributed by atoms with Gasteiger partial charge in [0.15, 0.2) is 0 Å². The predicted molar refractivity (Wildman–Crippen MR) is 71.1 cm³/mol. The maximum atomic E-state index is 12.2. The fourth-order valence-electron chi connectivity index (χ4n) is 3.12. The highest BCUT2D eigenvalue weighted by atomic mass is 16.5. The molecule has 0 radical (unpaired) electrons. The molecule has 6 nitrogen and oxygen atoms in total. The Balaban J connectivity index is 1.77. The number of methoxy groups -OCH3 is 1. The average molecular weight is 283 g/mol. The van der Waals surface area contributed by atoms with Crippen LogP contribution in [0.5, 0.6) is 0 Å². The minimum absolute atomic E-state index is 0.00574. The molecule has 0 aromatic rings. The zero-order valence-corrected chi connectivity index (χ0v) is 11.6. The topological polar surface area (TPSA) is 84.9 Å². The Morgan fingerprint density at radius 2 is 1.90 bits per heavy atom. The van der Waals surface area contributed by atoms with Gasteiger partial charge in [-0.25, -0.2) is 0 Å². The van der Waals surface area contributed by atoms with Crippen molar-refractivity contribution in [3.8, 4) is 0 Å². The molecule has 20 heavy (non-hydrogen) atoms. The molecule has 2 unspecified atom stereocenters. The molecule has 0 saturated heterocycles. The monoisotopic (exact) mass is 283 g/mol. The summed E-state index contributed by atoms with van der Waals surface area (Å²) in [6.07, 6.45) is 4.68. The average Bonchev–Trinajstić information content (AvgIpc) is 3.02. The van der Waals surface area contributed by atoms with E-state index in [4.69, 9.17) is 9.47 Å². The molecule has 0 aromatic carbocycles. The largest absolute Gasteiger partial charge is 0.481 e. The number of carbonyl (C=O) groups excluding carboxylic acids is 1. The van der Waals surface area contributed by atoms with Gasteiger partial charge in [0.1, 0.15) is 0 Å². The van der Waals surface area contributed by atoms with Crippen LogP contribution in [0.2, 0.25) is 0 Å². The van der Waals surface area contributed by atoms with Crippen LogP contribution in [-0.2, 0) is 19.1 Å². The van der Waals surface area contributed by atoms with Crippen molar-refractivity contribution in [2.75, 3.05) is 33.5 Å². The molecule has 0 heterocycles. The normalized spacial score (nSPS) is 30.6. The highest BCUT2D eigenvalue weighted by molar-refractivity contribution is 5.86. The van der Waals surface area contributed by atoms with Gasteiger partial charge in [0.2, 0.25) is 5.91 Å². The number of amides is 1. The first-order valence-electron chi connectivity index (χ1n) is 6.90. The highest BCUT2D eigenvalue weighted by Gasteiger charge is 2.51. The summed E-state index contributed by atoms with van der Waals surface area (Å²) in [5, 5.41) is 12.0. The fraction of sp³-hybridized carbons (Fsp3) is 0.714. The first-order chi connectivity index (χ1) is 9.65. The predicted octanol–water partition coefficient (Wildman–Crippen LogP) is 0.289. The molecular weight excluding hydrogens is 262 g/mol. The van der Waals surface area contributed by atoms with Crippen LogP contribution in [0, 0.1) is 23.7 Å². The van der Waals surface area contributed by atoms with Crippen molar-refractivity contribution < 1.29 is 24.2 Å². The zero-order chi connectivity index (χ0) is 14.5. The summed E-state index contributed by atoms with van der Waals surface area (Å²) in [7, 11) is 1.60. The third kappa shape index (κ3) is 3.19. The molecule has 2 bridgehead atoms. The van der Waals surface area contributed by atoms with Crippen molar-refractivity contribution in [3.05, 3.63) is 12.2 Å². The van der Waals surface area contributed by atoms with Gasteiger partial charge in [0, 0.05) is 13.7 Å². The van der Waals surface area contributed by atoms with Crippen LogP contribution in [0.3, 0.4) is 0 Å². The van der Waals surface area contributed by atoms with Crippen molar-refractivity contribution in [1.29, 1.82) is 0 Å². The molecule has 0 aliphatic heterocycles. The van der Waals surface area contributed by atoms with E-state index in [9.17, 15) is 14.7 Å². The Hall–Kier alpha value is -1.40. The van der Waals surface area contributed by atoms with Crippen molar-refractivity contribution in [2.45, 2.75) is 6.42 Å². The van der Waals surface area contributed by atoms with Crippen molar-refractivity contribution in [1.82, 2.24) is 5.32 Å². The van der Waals surface area contributed by atoms with E-state index in [0.717, 1.165) is 6.42 Å². The molecule has 0 spiro atoms. The van der Waals surface area contributed by atoms with Crippen LogP contribution in [0.25, 0.3) is 0 Å². The van der Waals surface area contributed by atoms with Gasteiger partial charge in [0.05, 0.1) is 31.7 Å². The number of carboxylic acid groups (broad SMARTS) is 1. The first-order valence-corrected chi connectivity index (χ1v) is 6.90. The van der Waals surface area contributed by atoms with Gasteiger partial charge in [0.25, 0.3) is 0 Å². The SMILES string of the molecule is COCCOCCNC(=O)[C@H]1C2C=CC(C2)[C@H]1C(=O)O. The lowest BCUT2D eigenvalue weighted by atomic mass is 9.82.